The maximum atomic E-state index is 4.47. The Hall–Kier alpha value is -1.82. The van der Waals surface area contributed by atoms with Crippen molar-refractivity contribution in [1.29, 1.82) is 0 Å². The lowest BCUT2D eigenvalue weighted by Gasteiger charge is -2.04. The van der Waals surface area contributed by atoms with Crippen LogP contribution in [-0.2, 0) is 19.4 Å². The quantitative estimate of drug-likeness (QED) is 0.847. The number of nitrogens with one attached hydrogen (secondary N) is 1. The van der Waals surface area contributed by atoms with Crippen molar-refractivity contribution in [3.63, 3.8) is 0 Å². The number of aromatic nitrogens is 5. The number of hydrogen-bond donors (Lipinski definition) is 1. The zero-order valence-corrected chi connectivity index (χ0v) is 11.7. The molecule has 0 saturated heterocycles. The molecule has 0 aromatic carbocycles. The number of rotatable bonds is 6. The molecule has 0 aliphatic heterocycles. The van der Waals surface area contributed by atoms with E-state index in [-0.39, 0.29) is 0 Å². The smallest absolute Gasteiger partial charge is 0.177 e. The summed E-state index contributed by atoms with van der Waals surface area (Å²) in [6, 6.07) is 3.91. The van der Waals surface area contributed by atoms with Crippen molar-refractivity contribution in [3.8, 4) is 5.82 Å². The second-order valence-corrected chi connectivity index (χ2v) is 4.23. The van der Waals surface area contributed by atoms with E-state index in [1.807, 2.05) is 19.1 Å². The van der Waals surface area contributed by atoms with Crippen LogP contribution in [0.5, 0.6) is 0 Å². The Labute approximate surface area is 113 Å². The van der Waals surface area contributed by atoms with Crippen molar-refractivity contribution in [2.75, 3.05) is 6.54 Å². The lowest BCUT2D eigenvalue weighted by molar-refractivity contribution is 0.686. The van der Waals surface area contributed by atoms with E-state index in [0.29, 0.717) is 0 Å². The molecular weight excluding hydrogens is 240 g/mol. The van der Waals surface area contributed by atoms with Gasteiger partial charge in [0.1, 0.15) is 5.82 Å². The van der Waals surface area contributed by atoms with Gasteiger partial charge in [0.05, 0.1) is 5.69 Å². The van der Waals surface area contributed by atoms with E-state index >= 15 is 0 Å². The van der Waals surface area contributed by atoms with Crippen LogP contribution < -0.4 is 5.32 Å². The van der Waals surface area contributed by atoms with Crippen molar-refractivity contribution in [3.05, 3.63) is 29.5 Å². The largest absolute Gasteiger partial charge is 0.311 e. The fourth-order valence-electron chi connectivity index (χ4n) is 1.77. The van der Waals surface area contributed by atoms with Crippen LogP contribution in [0, 0.1) is 0 Å². The lowest BCUT2D eigenvalue weighted by Crippen LogP contribution is -2.14. The summed E-state index contributed by atoms with van der Waals surface area (Å²) in [4.78, 5) is 4.47. The molecule has 2 aromatic rings. The number of nitrogens with zero attached hydrogens (tertiary/aromatic N) is 5. The van der Waals surface area contributed by atoms with Crippen molar-refractivity contribution in [1.82, 2.24) is 30.3 Å². The minimum atomic E-state index is 0.726. The highest BCUT2D eigenvalue weighted by Crippen LogP contribution is 2.08. The third-order valence-corrected chi connectivity index (χ3v) is 2.83. The summed E-state index contributed by atoms with van der Waals surface area (Å²) >= 11 is 0. The van der Waals surface area contributed by atoms with Crippen molar-refractivity contribution < 1.29 is 0 Å². The van der Waals surface area contributed by atoms with E-state index < -0.39 is 0 Å². The molecule has 0 saturated carbocycles. The highest BCUT2D eigenvalue weighted by molar-refractivity contribution is 5.22. The highest BCUT2D eigenvalue weighted by Gasteiger charge is 2.10. The van der Waals surface area contributed by atoms with Gasteiger partial charge < -0.3 is 5.32 Å². The van der Waals surface area contributed by atoms with Crippen LogP contribution in [0.2, 0.25) is 0 Å². The first-order valence-electron chi connectivity index (χ1n) is 6.77. The second kappa shape index (κ2) is 6.38. The Balaban J connectivity index is 2.23. The highest BCUT2D eigenvalue weighted by atomic mass is 15.4. The molecule has 2 rings (SSSR count). The maximum Gasteiger partial charge on any atom is 0.177 e. The monoisotopic (exact) mass is 260 g/mol. The third kappa shape index (κ3) is 3.14. The van der Waals surface area contributed by atoms with Gasteiger partial charge >= 0.3 is 0 Å². The second-order valence-electron chi connectivity index (χ2n) is 4.23. The van der Waals surface area contributed by atoms with Crippen LogP contribution in [-0.4, -0.2) is 31.5 Å². The van der Waals surface area contributed by atoms with Gasteiger partial charge in [-0.25, -0.2) is 4.98 Å². The van der Waals surface area contributed by atoms with Gasteiger partial charge in [0.15, 0.2) is 11.6 Å². The topological polar surface area (TPSA) is 68.5 Å². The summed E-state index contributed by atoms with van der Waals surface area (Å²) in [7, 11) is 0. The Kier molecular flexibility index (Phi) is 4.57. The Morgan fingerprint density at radius 3 is 2.53 bits per heavy atom. The normalized spacial score (nSPS) is 10.9. The molecule has 0 radical (unpaired) electrons. The van der Waals surface area contributed by atoms with Gasteiger partial charge in [-0.1, -0.05) is 20.8 Å². The van der Waals surface area contributed by atoms with Crippen LogP contribution in [0.15, 0.2) is 12.1 Å². The van der Waals surface area contributed by atoms with E-state index in [1.165, 1.54) is 0 Å². The van der Waals surface area contributed by atoms with Gasteiger partial charge in [-0.2, -0.15) is 9.78 Å². The van der Waals surface area contributed by atoms with Crippen LogP contribution >= 0.6 is 0 Å². The molecule has 0 aliphatic carbocycles. The van der Waals surface area contributed by atoms with Crippen molar-refractivity contribution in [2.24, 2.45) is 0 Å². The van der Waals surface area contributed by atoms with Gasteiger partial charge in [-0.15, -0.1) is 10.2 Å². The minimum Gasteiger partial charge on any atom is -0.311 e. The molecule has 6 heteroatoms. The molecular formula is C13H20N6. The molecule has 0 unspecified atom stereocenters. The van der Waals surface area contributed by atoms with Crippen LogP contribution in [0.1, 0.15) is 38.1 Å². The summed E-state index contributed by atoms with van der Waals surface area (Å²) < 4.78 is 1.78. The molecule has 0 fully saturated rings. The Morgan fingerprint density at radius 1 is 1.11 bits per heavy atom. The fourth-order valence-corrected chi connectivity index (χ4v) is 1.77. The summed E-state index contributed by atoms with van der Waals surface area (Å²) in [5, 5.41) is 16.1. The Bertz CT molecular complexity index is 516. The summed E-state index contributed by atoms with van der Waals surface area (Å²) in [6.07, 6.45) is 1.65. The minimum absolute atomic E-state index is 0.726. The van der Waals surface area contributed by atoms with E-state index in [9.17, 15) is 0 Å². The average Bonchev–Trinajstić information content (AvgIpc) is 2.89. The molecule has 2 aromatic heterocycles. The molecule has 1 N–H and O–H groups in total. The number of hydrogen-bond acceptors (Lipinski definition) is 5. The van der Waals surface area contributed by atoms with Gasteiger partial charge in [0, 0.05) is 19.4 Å². The third-order valence-electron chi connectivity index (χ3n) is 2.83. The first kappa shape index (κ1) is 13.6. The van der Waals surface area contributed by atoms with Crippen molar-refractivity contribution in [2.45, 2.75) is 40.2 Å². The van der Waals surface area contributed by atoms with Crippen molar-refractivity contribution >= 4 is 0 Å². The van der Waals surface area contributed by atoms with Crippen LogP contribution in [0.4, 0.5) is 0 Å². The van der Waals surface area contributed by atoms with Gasteiger partial charge in [0.2, 0.25) is 0 Å². The molecule has 6 nitrogen and oxygen atoms in total. The predicted molar refractivity (Wildman–Crippen MR) is 73.1 cm³/mol. The fraction of sp³-hybridized carbons (Fsp3) is 0.538. The van der Waals surface area contributed by atoms with E-state index in [2.05, 4.69) is 39.4 Å². The van der Waals surface area contributed by atoms with Gasteiger partial charge in [0.25, 0.3) is 0 Å². The standard InChI is InChI=1S/C13H20N6/c1-4-11-15-12(5-2)19(18-11)13-8-7-10(16-17-13)9-14-6-3/h7-8,14H,4-6,9H2,1-3H3. The summed E-state index contributed by atoms with van der Waals surface area (Å²) in [6.45, 7) is 7.84. The first-order chi connectivity index (χ1) is 9.28. The molecule has 0 amide bonds. The molecule has 0 spiro atoms. The SMILES string of the molecule is CCNCc1ccc(-n2nc(CC)nc2CC)nn1. The zero-order valence-electron chi connectivity index (χ0n) is 11.7. The Morgan fingerprint density at radius 2 is 1.95 bits per heavy atom. The maximum absolute atomic E-state index is 4.47. The van der Waals surface area contributed by atoms with Crippen LogP contribution in [0.25, 0.3) is 5.82 Å². The zero-order chi connectivity index (χ0) is 13.7. The van der Waals surface area contributed by atoms with Crippen LogP contribution in [0.3, 0.4) is 0 Å². The first-order valence-corrected chi connectivity index (χ1v) is 6.77. The number of aryl methyl sites for hydroxylation is 2. The predicted octanol–water partition coefficient (Wildman–Crippen LogP) is 1.29. The van der Waals surface area contributed by atoms with E-state index in [0.717, 1.165) is 49.1 Å². The molecule has 0 atom stereocenters. The molecule has 19 heavy (non-hydrogen) atoms. The summed E-state index contributed by atoms with van der Waals surface area (Å²) in [5.41, 5.74) is 0.930. The van der Waals surface area contributed by atoms with E-state index in [4.69, 9.17) is 0 Å². The molecule has 0 aliphatic rings. The van der Waals surface area contributed by atoms with Gasteiger partial charge in [-0.3, -0.25) is 0 Å². The van der Waals surface area contributed by atoms with Gasteiger partial charge in [-0.05, 0) is 18.7 Å². The van der Waals surface area contributed by atoms with E-state index in [1.54, 1.807) is 4.68 Å². The average molecular weight is 260 g/mol. The molecule has 102 valence electrons. The molecule has 2 heterocycles. The summed E-state index contributed by atoms with van der Waals surface area (Å²) in [5.74, 6) is 2.49. The lowest BCUT2D eigenvalue weighted by atomic mass is 10.3. The molecule has 0 bridgehead atoms.